The van der Waals surface area contributed by atoms with Crippen molar-refractivity contribution in [2.24, 2.45) is 0 Å². The van der Waals surface area contributed by atoms with Crippen molar-refractivity contribution in [3.8, 4) is 0 Å². The lowest BCUT2D eigenvalue weighted by Gasteiger charge is -2.27. The highest BCUT2D eigenvalue weighted by Gasteiger charge is 2.45. The molecule has 0 aromatic heterocycles. The van der Waals surface area contributed by atoms with E-state index < -0.39 is 20.2 Å². The van der Waals surface area contributed by atoms with Crippen LogP contribution < -0.4 is 4.90 Å². The molecule has 8 nitrogen and oxygen atoms in total. The van der Waals surface area contributed by atoms with Gasteiger partial charge in [-0.05, 0) is 78.4 Å². The van der Waals surface area contributed by atoms with Crippen molar-refractivity contribution in [2.45, 2.75) is 64.2 Å². The zero-order chi connectivity index (χ0) is 35.2. The van der Waals surface area contributed by atoms with E-state index in [1.165, 1.54) is 21.9 Å². The molecule has 2 aliphatic rings. The summed E-state index contributed by atoms with van der Waals surface area (Å²) >= 11 is 0. The molecule has 0 fully saturated rings. The Labute approximate surface area is 290 Å². The van der Waals surface area contributed by atoms with Gasteiger partial charge in [-0.2, -0.15) is 13.0 Å². The van der Waals surface area contributed by atoms with Crippen LogP contribution in [0, 0.1) is 0 Å². The van der Waals surface area contributed by atoms with E-state index in [1.54, 1.807) is 0 Å². The van der Waals surface area contributed by atoms with Gasteiger partial charge in [0.1, 0.15) is 6.54 Å². The predicted molar refractivity (Wildman–Crippen MR) is 198 cm³/mol. The van der Waals surface area contributed by atoms with Crippen LogP contribution >= 0.6 is 0 Å². The molecule has 6 rings (SSSR count). The Morgan fingerprint density at radius 1 is 0.755 bits per heavy atom. The number of fused-ring (bicyclic) bond motifs is 6. The van der Waals surface area contributed by atoms with E-state index in [0.29, 0.717) is 38.8 Å². The third kappa shape index (κ3) is 6.97. The first-order valence-corrected chi connectivity index (χ1v) is 20.0. The zero-order valence-electron chi connectivity index (χ0n) is 28.5. The van der Waals surface area contributed by atoms with E-state index in [4.69, 9.17) is 0 Å². The summed E-state index contributed by atoms with van der Waals surface area (Å²) in [6.45, 7) is 10.1. The molecule has 0 unspecified atom stereocenters. The zero-order valence-corrected chi connectivity index (χ0v) is 30.1. The minimum atomic E-state index is -4.28. The van der Waals surface area contributed by atoms with Gasteiger partial charge in [-0.1, -0.05) is 74.5 Å². The second-order valence-electron chi connectivity index (χ2n) is 14.2. The lowest BCUT2D eigenvalue weighted by Crippen LogP contribution is -2.28. The lowest BCUT2D eigenvalue weighted by molar-refractivity contribution is -0.438. The molecule has 0 atom stereocenters. The Balaban J connectivity index is 1.41. The van der Waals surface area contributed by atoms with Gasteiger partial charge < -0.3 is 9.45 Å². The van der Waals surface area contributed by atoms with E-state index >= 15 is 0 Å². The molecule has 258 valence electrons. The van der Waals surface area contributed by atoms with Crippen LogP contribution in [0.5, 0.6) is 0 Å². The fourth-order valence-corrected chi connectivity index (χ4v) is 9.01. The topological polar surface area (TPSA) is 118 Å². The molecule has 2 heterocycles. The van der Waals surface area contributed by atoms with E-state index in [-0.39, 0.29) is 22.3 Å². The standard InChI is InChI=1S/C39H44N2O6S2/c1-38(2)34(40(24-9-11-26-48(42,43)44)32-22-20-28-14-5-7-16-30(28)36(32)38)18-13-19-35-39(3,4)37-31-17-8-6-15-29(31)21-23-33(37)41(35)25-10-12-27-49(45,46)47/h5-8,13-23H,9-12,24-27H2,1-4H3,(H-,42,43,44,45,46,47). The van der Waals surface area contributed by atoms with Crippen molar-refractivity contribution in [3.63, 3.8) is 0 Å². The molecule has 0 bridgehead atoms. The quantitative estimate of drug-likeness (QED) is 0.0919. The van der Waals surface area contributed by atoms with Gasteiger partial charge >= 0.3 is 0 Å². The minimum absolute atomic E-state index is 0.271. The van der Waals surface area contributed by atoms with Crippen molar-refractivity contribution >= 4 is 58.9 Å². The van der Waals surface area contributed by atoms with Crippen molar-refractivity contribution in [3.05, 3.63) is 108 Å². The number of allylic oxidation sites excluding steroid dienone is 4. The molecule has 0 saturated carbocycles. The normalized spacial score (nSPS) is 17.9. The number of rotatable bonds is 12. The molecule has 4 aromatic carbocycles. The fraction of sp³-hybridized carbons (Fsp3) is 0.359. The summed E-state index contributed by atoms with van der Waals surface area (Å²) in [6, 6.07) is 25.2. The third-order valence-corrected chi connectivity index (χ3v) is 11.7. The average molecular weight is 701 g/mol. The number of hydrogen-bond acceptors (Lipinski definition) is 6. The van der Waals surface area contributed by atoms with Gasteiger partial charge in [0.05, 0.1) is 21.3 Å². The number of hydrogen-bond donors (Lipinski definition) is 1. The summed E-state index contributed by atoms with van der Waals surface area (Å²) < 4.78 is 68.5. The first-order valence-electron chi connectivity index (χ1n) is 16.8. The van der Waals surface area contributed by atoms with Crippen LogP contribution in [-0.2, 0) is 31.1 Å². The monoisotopic (exact) mass is 700 g/mol. The van der Waals surface area contributed by atoms with Crippen LogP contribution in [-0.4, -0.2) is 60.8 Å². The van der Waals surface area contributed by atoms with E-state index in [0.717, 1.165) is 33.6 Å². The second kappa shape index (κ2) is 13.1. The molecule has 10 heteroatoms. The number of anilines is 1. The third-order valence-electron chi connectivity index (χ3n) is 10.1. The van der Waals surface area contributed by atoms with Crippen molar-refractivity contribution in [1.82, 2.24) is 0 Å². The van der Waals surface area contributed by atoms with Gasteiger partial charge in [-0.15, -0.1) is 0 Å². The second-order valence-corrected chi connectivity index (χ2v) is 17.3. The summed E-state index contributed by atoms with van der Waals surface area (Å²) in [5.74, 6) is -0.649. The maximum absolute atomic E-state index is 11.4. The molecule has 0 amide bonds. The molecule has 4 aromatic rings. The molecular formula is C39H44N2O6S2. The maximum atomic E-state index is 11.4. The van der Waals surface area contributed by atoms with Crippen LogP contribution in [0.25, 0.3) is 21.5 Å². The SMILES string of the molecule is CC1(C)C(/C=C/C=C2\N(CCCCS(=O)(=O)[O-])c3ccc4ccccc4c3C2(C)C)=[N+](CCCCS(=O)(=O)O)c2ccc3ccccc3c21. The van der Waals surface area contributed by atoms with Crippen LogP contribution in [0.3, 0.4) is 0 Å². The first kappa shape index (κ1) is 35.0. The molecule has 1 N–H and O–H groups in total. The summed E-state index contributed by atoms with van der Waals surface area (Å²) in [5.41, 5.74) is 6.07. The number of benzene rings is 4. The first-order chi connectivity index (χ1) is 23.1. The summed E-state index contributed by atoms with van der Waals surface area (Å²) in [5, 5.41) is 4.67. The van der Waals surface area contributed by atoms with Gasteiger partial charge in [0.15, 0.2) is 5.71 Å². The van der Waals surface area contributed by atoms with Crippen molar-refractivity contribution in [2.75, 3.05) is 29.5 Å². The number of unbranched alkanes of at least 4 members (excludes halogenated alkanes) is 2. The Kier molecular flexibility index (Phi) is 9.38. The van der Waals surface area contributed by atoms with Gasteiger partial charge in [-0.25, -0.2) is 8.42 Å². The Morgan fingerprint density at radius 3 is 2.02 bits per heavy atom. The molecule has 0 radical (unpaired) electrons. The molecule has 0 spiro atoms. The van der Waals surface area contributed by atoms with Crippen LogP contribution in [0.15, 0.2) is 96.7 Å². The maximum Gasteiger partial charge on any atom is 0.264 e. The molecule has 2 aliphatic heterocycles. The molecule has 49 heavy (non-hydrogen) atoms. The smallest absolute Gasteiger partial charge is 0.264 e. The largest absolute Gasteiger partial charge is 0.748 e. The average Bonchev–Trinajstić information content (AvgIpc) is 3.39. The summed E-state index contributed by atoms with van der Waals surface area (Å²) in [7, 11) is -8.32. The van der Waals surface area contributed by atoms with Gasteiger partial charge in [-0.3, -0.25) is 4.55 Å². The highest BCUT2D eigenvalue weighted by atomic mass is 32.2. The van der Waals surface area contributed by atoms with E-state index in [9.17, 15) is 25.9 Å². The van der Waals surface area contributed by atoms with E-state index in [1.807, 2.05) is 12.1 Å². The summed E-state index contributed by atoms with van der Waals surface area (Å²) in [4.78, 5) is 2.27. The molecule has 0 saturated heterocycles. The summed E-state index contributed by atoms with van der Waals surface area (Å²) in [6.07, 6.45) is 8.18. The van der Waals surface area contributed by atoms with Gasteiger partial charge in [0.2, 0.25) is 5.69 Å². The van der Waals surface area contributed by atoms with Gasteiger partial charge in [0, 0.05) is 53.2 Å². The molecule has 0 aliphatic carbocycles. The van der Waals surface area contributed by atoms with Crippen molar-refractivity contribution < 1.29 is 30.5 Å². The van der Waals surface area contributed by atoms with Crippen molar-refractivity contribution in [1.29, 1.82) is 0 Å². The predicted octanol–water partition coefficient (Wildman–Crippen LogP) is 7.60. The number of nitrogens with zero attached hydrogens (tertiary/aromatic N) is 2. The Morgan fingerprint density at radius 2 is 1.37 bits per heavy atom. The minimum Gasteiger partial charge on any atom is -0.748 e. The molecular weight excluding hydrogens is 657 g/mol. The highest BCUT2D eigenvalue weighted by molar-refractivity contribution is 7.85. The Bertz CT molecular complexity index is 2250. The lowest BCUT2D eigenvalue weighted by atomic mass is 9.79. The van der Waals surface area contributed by atoms with Crippen LogP contribution in [0.1, 0.15) is 64.5 Å². The van der Waals surface area contributed by atoms with Crippen LogP contribution in [0.4, 0.5) is 11.4 Å². The Hall–Kier alpha value is -3.83. The van der Waals surface area contributed by atoms with Crippen LogP contribution in [0.2, 0.25) is 0 Å². The highest BCUT2D eigenvalue weighted by Crippen LogP contribution is 2.51. The van der Waals surface area contributed by atoms with E-state index in [2.05, 4.69) is 116 Å². The van der Waals surface area contributed by atoms with Gasteiger partial charge in [0.25, 0.3) is 10.1 Å². The fourth-order valence-electron chi connectivity index (χ4n) is 7.89.